The molecule has 0 N–H and O–H groups in total. The first-order valence-corrected chi connectivity index (χ1v) is 11.5. The van der Waals surface area contributed by atoms with Crippen molar-refractivity contribution in [2.75, 3.05) is 13.2 Å². The van der Waals surface area contributed by atoms with Gasteiger partial charge in [-0.25, -0.2) is 0 Å². The van der Waals surface area contributed by atoms with E-state index in [0.717, 1.165) is 30.1 Å². The molecule has 29 heavy (non-hydrogen) atoms. The van der Waals surface area contributed by atoms with E-state index in [4.69, 9.17) is 14.2 Å². The molecule has 0 atom stereocenters. The number of rotatable bonds is 16. The van der Waals surface area contributed by atoms with Crippen molar-refractivity contribution >= 4 is 0 Å². The van der Waals surface area contributed by atoms with Crippen LogP contribution in [0.4, 0.5) is 0 Å². The summed E-state index contributed by atoms with van der Waals surface area (Å²) in [4.78, 5) is 0. The third-order valence-corrected chi connectivity index (χ3v) is 4.91. The summed E-state index contributed by atoms with van der Waals surface area (Å²) in [6.45, 7) is 5.87. The van der Waals surface area contributed by atoms with Crippen molar-refractivity contribution in [2.45, 2.75) is 78.1 Å². The van der Waals surface area contributed by atoms with E-state index < -0.39 is 0 Å². The molecule has 2 aromatic rings. The van der Waals surface area contributed by atoms with Gasteiger partial charge in [0.15, 0.2) is 11.5 Å². The van der Waals surface area contributed by atoms with Gasteiger partial charge in [-0.05, 0) is 37.1 Å². The largest absolute Gasteiger partial charge is 0.490 e. The Morgan fingerprint density at radius 1 is 0.552 bits per heavy atom. The van der Waals surface area contributed by atoms with E-state index in [9.17, 15) is 0 Å². The van der Waals surface area contributed by atoms with Crippen molar-refractivity contribution < 1.29 is 14.2 Å². The summed E-state index contributed by atoms with van der Waals surface area (Å²) in [7, 11) is 0. The van der Waals surface area contributed by atoms with Crippen LogP contribution in [0.25, 0.3) is 0 Å². The topological polar surface area (TPSA) is 27.7 Å². The van der Waals surface area contributed by atoms with Crippen LogP contribution in [0.2, 0.25) is 0 Å². The van der Waals surface area contributed by atoms with Gasteiger partial charge >= 0.3 is 0 Å². The third-order valence-electron chi connectivity index (χ3n) is 4.91. The van der Waals surface area contributed by atoms with Crippen LogP contribution in [0.3, 0.4) is 0 Å². The van der Waals surface area contributed by atoms with Crippen LogP contribution in [0.1, 0.15) is 78.1 Å². The van der Waals surface area contributed by atoms with Gasteiger partial charge in [0.25, 0.3) is 0 Å². The lowest BCUT2D eigenvalue weighted by Crippen LogP contribution is -2.04. The molecule has 0 bridgehead atoms. The normalized spacial score (nSPS) is 10.7. The lowest BCUT2D eigenvalue weighted by Gasteiger charge is -2.17. The zero-order valence-corrected chi connectivity index (χ0v) is 18.3. The maximum absolute atomic E-state index is 6.17. The maximum Gasteiger partial charge on any atom is 0.204 e. The summed E-state index contributed by atoms with van der Waals surface area (Å²) in [6.07, 6.45) is 12.2. The highest BCUT2D eigenvalue weighted by Crippen LogP contribution is 2.40. The third kappa shape index (κ3) is 9.25. The first kappa shape index (κ1) is 23.1. The van der Waals surface area contributed by atoms with Crippen molar-refractivity contribution in [3.63, 3.8) is 0 Å². The van der Waals surface area contributed by atoms with Crippen LogP contribution in [0, 0.1) is 0 Å². The predicted octanol–water partition coefficient (Wildman–Crippen LogP) is 8.18. The molecule has 160 valence electrons. The zero-order valence-electron chi connectivity index (χ0n) is 18.3. The molecule has 0 amide bonds. The van der Waals surface area contributed by atoms with E-state index in [1.807, 2.05) is 48.5 Å². The fourth-order valence-corrected chi connectivity index (χ4v) is 3.22. The fourth-order valence-electron chi connectivity index (χ4n) is 3.22. The van der Waals surface area contributed by atoms with Gasteiger partial charge in [0.1, 0.15) is 5.75 Å². The Morgan fingerprint density at radius 3 is 1.79 bits per heavy atom. The predicted molar refractivity (Wildman–Crippen MR) is 121 cm³/mol. The highest BCUT2D eigenvalue weighted by atomic mass is 16.5. The molecule has 0 aromatic heterocycles. The summed E-state index contributed by atoms with van der Waals surface area (Å²) < 4.78 is 18.4. The Labute approximate surface area is 177 Å². The summed E-state index contributed by atoms with van der Waals surface area (Å²) in [6, 6.07) is 15.7. The van der Waals surface area contributed by atoms with Crippen molar-refractivity contribution in [1.29, 1.82) is 0 Å². The molecule has 0 radical (unpaired) electrons. The van der Waals surface area contributed by atoms with Crippen molar-refractivity contribution in [1.82, 2.24) is 0 Å². The number of para-hydroxylation sites is 2. The standard InChI is InChI=1S/C26H38O3/c1-3-5-7-9-14-21-27-24-19-16-20-25(29-23-17-12-11-13-18-23)26(24)28-22-15-10-8-6-4-2/h11-13,16-20H,3-10,14-15,21-22H2,1-2H3. The number of hydrogen-bond donors (Lipinski definition) is 0. The van der Waals surface area contributed by atoms with Crippen molar-refractivity contribution in [3.8, 4) is 23.0 Å². The molecule has 2 rings (SSSR count). The number of benzene rings is 2. The number of unbranched alkanes of at least 4 members (excludes halogenated alkanes) is 8. The molecule has 0 heterocycles. The molecule has 0 aliphatic carbocycles. The maximum atomic E-state index is 6.17. The first-order valence-electron chi connectivity index (χ1n) is 11.5. The SMILES string of the molecule is CCCCCCCOc1cccc(Oc2ccccc2)c1OCCCCCCC. The Morgan fingerprint density at radius 2 is 1.14 bits per heavy atom. The van der Waals surface area contributed by atoms with Gasteiger partial charge in [0.2, 0.25) is 5.75 Å². The second-order valence-corrected chi connectivity index (χ2v) is 7.52. The van der Waals surface area contributed by atoms with Crippen LogP contribution < -0.4 is 14.2 Å². The number of ether oxygens (including phenoxy) is 3. The average Bonchev–Trinajstić information content (AvgIpc) is 2.75. The summed E-state index contributed by atoms with van der Waals surface area (Å²) in [5.74, 6) is 3.02. The van der Waals surface area contributed by atoms with E-state index in [-0.39, 0.29) is 0 Å². The van der Waals surface area contributed by atoms with Crippen LogP contribution >= 0.6 is 0 Å². The van der Waals surface area contributed by atoms with Gasteiger partial charge in [-0.1, -0.05) is 89.5 Å². The van der Waals surface area contributed by atoms with Gasteiger partial charge < -0.3 is 14.2 Å². The zero-order chi connectivity index (χ0) is 20.6. The monoisotopic (exact) mass is 398 g/mol. The van der Waals surface area contributed by atoms with Crippen molar-refractivity contribution in [2.24, 2.45) is 0 Å². The Balaban J connectivity index is 1.98. The molecule has 2 aromatic carbocycles. The van der Waals surface area contributed by atoms with Crippen LogP contribution in [0.15, 0.2) is 48.5 Å². The van der Waals surface area contributed by atoms with Crippen LogP contribution in [-0.2, 0) is 0 Å². The minimum atomic E-state index is 0.686. The molecule has 0 saturated heterocycles. The van der Waals surface area contributed by atoms with E-state index in [2.05, 4.69) is 13.8 Å². The van der Waals surface area contributed by atoms with Gasteiger partial charge in [-0.3, -0.25) is 0 Å². The summed E-state index contributed by atoms with van der Waals surface area (Å²) in [5.41, 5.74) is 0. The van der Waals surface area contributed by atoms with E-state index >= 15 is 0 Å². The highest BCUT2D eigenvalue weighted by molar-refractivity contribution is 5.52. The second-order valence-electron chi connectivity index (χ2n) is 7.52. The Kier molecular flexibility index (Phi) is 11.8. The number of hydrogen-bond acceptors (Lipinski definition) is 3. The molecule has 0 aliphatic heterocycles. The molecular formula is C26H38O3. The smallest absolute Gasteiger partial charge is 0.204 e. The van der Waals surface area contributed by atoms with E-state index in [1.165, 1.54) is 51.4 Å². The van der Waals surface area contributed by atoms with Gasteiger partial charge in [-0.2, -0.15) is 0 Å². The van der Waals surface area contributed by atoms with E-state index in [0.29, 0.717) is 19.0 Å². The summed E-state index contributed by atoms with van der Waals surface area (Å²) in [5, 5.41) is 0. The van der Waals surface area contributed by atoms with Gasteiger partial charge in [-0.15, -0.1) is 0 Å². The second kappa shape index (κ2) is 14.8. The fraction of sp³-hybridized carbons (Fsp3) is 0.538. The molecule has 3 heteroatoms. The quantitative estimate of drug-likeness (QED) is 0.267. The van der Waals surface area contributed by atoms with Gasteiger partial charge in [0.05, 0.1) is 13.2 Å². The summed E-state index contributed by atoms with van der Waals surface area (Å²) >= 11 is 0. The molecule has 0 fully saturated rings. The molecule has 0 unspecified atom stereocenters. The molecule has 3 nitrogen and oxygen atoms in total. The van der Waals surface area contributed by atoms with Crippen LogP contribution in [0.5, 0.6) is 23.0 Å². The van der Waals surface area contributed by atoms with Gasteiger partial charge in [0, 0.05) is 0 Å². The average molecular weight is 399 g/mol. The minimum absolute atomic E-state index is 0.686. The Bertz CT molecular complexity index is 654. The minimum Gasteiger partial charge on any atom is -0.490 e. The lowest BCUT2D eigenvalue weighted by molar-refractivity contribution is 0.250. The van der Waals surface area contributed by atoms with E-state index in [1.54, 1.807) is 0 Å². The lowest BCUT2D eigenvalue weighted by atomic mass is 10.2. The molecule has 0 aliphatic rings. The Hall–Kier alpha value is -2.16. The van der Waals surface area contributed by atoms with Crippen molar-refractivity contribution in [3.05, 3.63) is 48.5 Å². The molecular weight excluding hydrogens is 360 g/mol. The molecule has 0 spiro atoms. The molecule has 0 saturated carbocycles. The highest BCUT2D eigenvalue weighted by Gasteiger charge is 2.13. The first-order chi connectivity index (χ1) is 14.3. The van der Waals surface area contributed by atoms with Crippen LogP contribution in [-0.4, -0.2) is 13.2 Å².